The summed E-state index contributed by atoms with van der Waals surface area (Å²) < 4.78 is 4.36. The van der Waals surface area contributed by atoms with Crippen LogP contribution in [-0.4, -0.2) is 32.4 Å². The fourth-order valence-electron chi connectivity index (χ4n) is 3.04. The molecule has 0 spiro atoms. The summed E-state index contributed by atoms with van der Waals surface area (Å²) >= 11 is 0. The lowest BCUT2D eigenvalue weighted by Crippen LogP contribution is -2.29. The van der Waals surface area contributed by atoms with E-state index < -0.39 is 0 Å². The molecule has 5 nitrogen and oxygen atoms in total. The first kappa shape index (κ1) is 16.8. The zero-order valence-electron chi connectivity index (χ0n) is 12.1. The zero-order chi connectivity index (χ0) is 13.4. The summed E-state index contributed by atoms with van der Waals surface area (Å²) in [6.07, 6.45) is 8.08. The molecule has 4 rings (SSSR count). The summed E-state index contributed by atoms with van der Waals surface area (Å²) in [6.45, 7) is 2.21. The van der Waals surface area contributed by atoms with Crippen LogP contribution in [-0.2, 0) is 0 Å². The van der Waals surface area contributed by atoms with Crippen LogP contribution in [0.5, 0.6) is 0 Å². The second-order valence-corrected chi connectivity index (χ2v) is 5.32. The molecule has 1 aliphatic heterocycles. The maximum absolute atomic E-state index is 3.88. The minimum atomic E-state index is 0. The van der Waals surface area contributed by atoms with E-state index >= 15 is 0 Å². The zero-order valence-corrected chi connectivity index (χ0v) is 13.7. The minimum Gasteiger partial charge on any atom is -0.344 e. The molecular formula is C15H19Cl2N5. The van der Waals surface area contributed by atoms with E-state index in [1.54, 1.807) is 12.7 Å². The number of piperidine rings is 1. The molecule has 3 aromatic rings. The van der Waals surface area contributed by atoms with Gasteiger partial charge in [0.2, 0.25) is 0 Å². The highest BCUT2D eigenvalue weighted by atomic mass is 35.5. The molecular weight excluding hydrogens is 321 g/mol. The molecule has 118 valence electrons. The summed E-state index contributed by atoms with van der Waals surface area (Å²) in [7, 11) is 0. The van der Waals surface area contributed by atoms with Gasteiger partial charge in [-0.15, -0.1) is 35.0 Å². The average Bonchev–Trinajstić information content (AvgIpc) is 3.17. The Labute approximate surface area is 141 Å². The van der Waals surface area contributed by atoms with Gasteiger partial charge in [-0.1, -0.05) is 6.07 Å². The van der Waals surface area contributed by atoms with Gasteiger partial charge < -0.3 is 9.88 Å². The van der Waals surface area contributed by atoms with E-state index in [0.717, 1.165) is 18.8 Å². The van der Waals surface area contributed by atoms with Crippen LogP contribution in [0.3, 0.4) is 0 Å². The Kier molecular flexibility index (Phi) is 5.45. The van der Waals surface area contributed by atoms with Crippen molar-refractivity contribution in [2.24, 2.45) is 0 Å². The first-order valence-electron chi connectivity index (χ1n) is 7.08. The van der Waals surface area contributed by atoms with E-state index in [9.17, 15) is 0 Å². The number of nitrogens with one attached hydrogen (secondary N) is 1. The lowest BCUT2D eigenvalue weighted by Gasteiger charge is -2.25. The van der Waals surface area contributed by atoms with Crippen molar-refractivity contribution in [2.45, 2.75) is 18.9 Å². The van der Waals surface area contributed by atoms with Gasteiger partial charge in [-0.05, 0) is 49.5 Å². The van der Waals surface area contributed by atoms with Crippen molar-refractivity contribution in [2.75, 3.05) is 13.1 Å². The van der Waals surface area contributed by atoms with Crippen molar-refractivity contribution in [3.63, 3.8) is 0 Å². The second kappa shape index (κ2) is 7.13. The third-order valence-corrected chi connectivity index (χ3v) is 4.13. The molecule has 0 bridgehead atoms. The minimum absolute atomic E-state index is 0. The summed E-state index contributed by atoms with van der Waals surface area (Å²) in [6, 6.07) is 9.30. The van der Waals surface area contributed by atoms with E-state index in [2.05, 4.69) is 50.5 Å². The molecule has 1 N–H and O–H groups in total. The van der Waals surface area contributed by atoms with Crippen LogP contribution in [0.25, 0.3) is 16.6 Å². The third kappa shape index (κ3) is 2.97. The number of hydrogen-bond acceptors (Lipinski definition) is 3. The summed E-state index contributed by atoms with van der Waals surface area (Å²) in [4.78, 5) is 0. The monoisotopic (exact) mass is 339 g/mol. The second-order valence-electron chi connectivity index (χ2n) is 5.32. The van der Waals surface area contributed by atoms with Crippen LogP contribution in [0.2, 0.25) is 0 Å². The number of aromatic nitrogens is 4. The Morgan fingerprint density at radius 2 is 1.73 bits per heavy atom. The van der Waals surface area contributed by atoms with Crippen LogP contribution in [0.15, 0.2) is 43.1 Å². The SMILES string of the molecule is Cl.Cl.c1cc2ccn(C3CCNCC3)c2cc1-n1cnnc1. The standard InChI is InChI=1S/C15H17N5.2ClH/c1-2-14(19-10-17-18-11-19)9-15-12(1)5-8-20(15)13-3-6-16-7-4-13;;/h1-2,5,8-11,13,16H,3-4,6-7H2;2*1H. The number of nitrogens with zero attached hydrogens (tertiary/aromatic N) is 4. The van der Waals surface area contributed by atoms with Gasteiger partial charge in [0.15, 0.2) is 0 Å². The van der Waals surface area contributed by atoms with Crippen LogP contribution in [0.1, 0.15) is 18.9 Å². The molecule has 0 aliphatic carbocycles. The Morgan fingerprint density at radius 3 is 2.45 bits per heavy atom. The van der Waals surface area contributed by atoms with E-state index in [1.165, 1.54) is 23.7 Å². The van der Waals surface area contributed by atoms with E-state index in [1.807, 2.05) is 4.57 Å². The van der Waals surface area contributed by atoms with Crippen LogP contribution in [0, 0.1) is 0 Å². The molecule has 1 aliphatic rings. The van der Waals surface area contributed by atoms with Gasteiger partial charge in [-0.3, -0.25) is 4.57 Å². The topological polar surface area (TPSA) is 47.7 Å². The van der Waals surface area contributed by atoms with Gasteiger partial charge in [-0.25, -0.2) is 0 Å². The van der Waals surface area contributed by atoms with Gasteiger partial charge in [0.05, 0.1) is 11.2 Å². The fourth-order valence-corrected chi connectivity index (χ4v) is 3.04. The smallest absolute Gasteiger partial charge is 0.123 e. The largest absolute Gasteiger partial charge is 0.344 e. The molecule has 0 atom stereocenters. The van der Waals surface area contributed by atoms with E-state index in [-0.39, 0.29) is 24.8 Å². The van der Waals surface area contributed by atoms with Gasteiger partial charge in [0.1, 0.15) is 12.7 Å². The maximum atomic E-state index is 3.88. The average molecular weight is 340 g/mol. The third-order valence-electron chi connectivity index (χ3n) is 4.13. The van der Waals surface area contributed by atoms with Gasteiger partial charge in [-0.2, -0.15) is 0 Å². The van der Waals surface area contributed by atoms with E-state index in [4.69, 9.17) is 0 Å². The van der Waals surface area contributed by atoms with Gasteiger partial charge in [0, 0.05) is 12.2 Å². The molecule has 1 saturated heterocycles. The Morgan fingerprint density at radius 1 is 1.00 bits per heavy atom. The number of halogens is 2. The number of rotatable bonds is 2. The van der Waals surface area contributed by atoms with Crippen molar-refractivity contribution in [3.8, 4) is 5.69 Å². The molecule has 7 heteroatoms. The summed E-state index contributed by atoms with van der Waals surface area (Å²) in [5.41, 5.74) is 2.40. The van der Waals surface area contributed by atoms with Crippen LogP contribution < -0.4 is 5.32 Å². The van der Waals surface area contributed by atoms with Crippen molar-refractivity contribution >= 4 is 35.7 Å². The molecule has 3 heterocycles. The van der Waals surface area contributed by atoms with Crippen molar-refractivity contribution in [1.82, 2.24) is 24.6 Å². The quantitative estimate of drug-likeness (QED) is 0.780. The predicted molar refractivity (Wildman–Crippen MR) is 92.5 cm³/mol. The number of hydrogen-bond donors (Lipinski definition) is 1. The lowest BCUT2D eigenvalue weighted by molar-refractivity contribution is 0.376. The van der Waals surface area contributed by atoms with E-state index in [0.29, 0.717) is 6.04 Å². The van der Waals surface area contributed by atoms with Gasteiger partial charge in [0.25, 0.3) is 0 Å². The van der Waals surface area contributed by atoms with Crippen molar-refractivity contribution in [1.29, 1.82) is 0 Å². The lowest BCUT2D eigenvalue weighted by atomic mass is 10.1. The predicted octanol–water partition coefficient (Wildman–Crippen LogP) is 2.99. The number of fused-ring (bicyclic) bond motifs is 1. The van der Waals surface area contributed by atoms with Crippen molar-refractivity contribution < 1.29 is 0 Å². The molecule has 2 aromatic heterocycles. The molecule has 1 aromatic carbocycles. The van der Waals surface area contributed by atoms with Gasteiger partial charge >= 0.3 is 0 Å². The van der Waals surface area contributed by atoms with Crippen molar-refractivity contribution in [3.05, 3.63) is 43.1 Å². The highest BCUT2D eigenvalue weighted by Crippen LogP contribution is 2.27. The molecule has 0 radical (unpaired) electrons. The maximum Gasteiger partial charge on any atom is 0.123 e. The molecule has 0 amide bonds. The highest BCUT2D eigenvalue weighted by molar-refractivity contribution is 5.85. The Hall–Kier alpha value is -1.56. The highest BCUT2D eigenvalue weighted by Gasteiger charge is 2.16. The van der Waals surface area contributed by atoms with Crippen LogP contribution >= 0.6 is 24.8 Å². The first-order chi connectivity index (χ1) is 9.92. The fraction of sp³-hybridized carbons (Fsp3) is 0.333. The summed E-state index contributed by atoms with van der Waals surface area (Å²) in [5.74, 6) is 0. The number of benzene rings is 1. The first-order valence-corrected chi connectivity index (χ1v) is 7.08. The van der Waals surface area contributed by atoms with Crippen LogP contribution in [0.4, 0.5) is 0 Å². The Bertz CT molecular complexity index is 717. The molecule has 0 unspecified atom stereocenters. The molecule has 0 saturated carbocycles. The Balaban J connectivity index is 0.000000882. The molecule has 1 fully saturated rings. The normalized spacial score (nSPS) is 15.3. The summed E-state index contributed by atoms with van der Waals surface area (Å²) in [5, 5.41) is 12.5. The molecule has 22 heavy (non-hydrogen) atoms.